The van der Waals surface area contributed by atoms with Crippen molar-refractivity contribution in [2.75, 3.05) is 20.3 Å². The average molecular weight is 380 g/mol. The Morgan fingerprint density at radius 3 is 2.56 bits per heavy atom. The van der Waals surface area contributed by atoms with Crippen LogP contribution < -0.4 is 4.72 Å². The van der Waals surface area contributed by atoms with Gasteiger partial charge in [0.15, 0.2) is 0 Å². The highest BCUT2D eigenvalue weighted by Gasteiger charge is 2.54. The number of Topliss-reactive ketones (excluding diaryl/α,β-unsaturated/α-hetero) is 1. The van der Waals surface area contributed by atoms with Crippen LogP contribution in [-0.4, -0.2) is 75.6 Å². The molecule has 1 fully saturated rings. The van der Waals surface area contributed by atoms with Gasteiger partial charge in [-0.25, -0.2) is 14.4 Å². The highest BCUT2D eigenvalue weighted by molar-refractivity contribution is 7.91. The van der Waals surface area contributed by atoms with Crippen molar-refractivity contribution in [2.45, 2.75) is 50.5 Å². The van der Waals surface area contributed by atoms with Crippen LogP contribution in [0.25, 0.3) is 0 Å². The number of amides is 2. The smallest absolute Gasteiger partial charge is 0.414 e. The van der Waals surface area contributed by atoms with Crippen molar-refractivity contribution in [1.82, 2.24) is 9.62 Å². The zero-order valence-electron chi connectivity index (χ0n) is 14.1. The molecule has 1 rings (SSSR count). The minimum Gasteiger partial charge on any atom is -0.465 e. The van der Waals surface area contributed by atoms with Gasteiger partial charge in [0, 0.05) is 20.1 Å². The molecular formula is C14H24N2O8S. The van der Waals surface area contributed by atoms with Gasteiger partial charge in [0.05, 0.1) is 24.9 Å². The first kappa shape index (κ1) is 21.8. The van der Waals surface area contributed by atoms with Gasteiger partial charge < -0.3 is 24.2 Å². The molecule has 0 aromatic heterocycles. The van der Waals surface area contributed by atoms with Crippen LogP contribution in [0.15, 0.2) is 0 Å². The minimum atomic E-state index is -2.25. The number of imide groups is 1. The second-order valence-corrected chi connectivity index (χ2v) is 6.01. The Kier molecular flexibility index (Phi) is 8.76. The monoisotopic (exact) mass is 380 g/mol. The summed E-state index contributed by atoms with van der Waals surface area (Å²) in [5.41, 5.74) is -2.25. The molecule has 25 heavy (non-hydrogen) atoms. The Morgan fingerprint density at radius 1 is 1.40 bits per heavy atom. The largest absolute Gasteiger partial charge is 0.465 e. The number of methoxy groups -OCH3 is 1. The summed E-state index contributed by atoms with van der Waals surface area (Å²) < 4.78 is 21.6. The van der Waals surface area contributed by atoms with E-state index < -0.39 is 35.7 Å². The van der Waals surface area contributed by atoms with Crippen molar-refractivity contribution in [1.29, 1.82) is 0 Å². The summed E-state index contributed by atoms with van der Waals surface area (Å²) in [6.45, 7) is 1.64. The number of aliphatic hydroxyl groups is 1. The number of nitrogens with zero attached hydrogens (tertiary/aromatic N) is 1. The molecule has 1 aliphatic heterocycles. The number of nitrogens with one attached hydrogen (secondary N) is 1. The summed E-state index contributed by atoms with van der Waals surface area (Å²) in [5.74, 6) is -2.63. The number of ketones is 1. The van der Waals surface area contributed by atoms with Gasteiger partial charge >= 0.3 is 12.0 Å². The third-order valence-electron chi connectivity index (χ3n) is 3.98. The fourth-order valence-electron chi connectivity index (χ4n) is 2.48. The summed E-state index contributed by atoms with van der Waals surface area (Å²) in [6.07, 6.45) is -1.72. The van der Waals surface area contributed by atoms with E-state index in [2.05, 4.69) is 4.72 Å². The van der Waals surface area contributed by atoms with E-state index >= 15 is 0 Å². The van der Waals surface area contributed by atoms with Crippen LogP contribution in [-0.2, 0) is 19.1 Å². The number of carbonyl (C=O) groups is 3. The van der Waals surface area contributed by atoms with E-state index in [0.29, 0.717) is 17.7 Å². The van der Waals surface area contributed by atoms with Crippen LogP contribution in [0.3, 0.4) is 0 Å². The van der Waals surface area contributed by atoms with Gasteiger partial charge in [-0.3, -0.25) is 9.59 Å². The molecule has 11 heteroatoms. The van der Waals surface area contributed by atoms with Crippen molar-refractivity contribution in [2.24, 2.45) is 0 Å². The molecule has 3 unspecified atom stereocenters. The molecule has 144 valence electrons. The first-order valence-electron chi connectivity index (χ1n) is 7.85. The zero-order chi connectivity index (χ0) is 19.0. The second kappa shape index (κ2) is 10.0. The topological polar surface area (TPSA) is 146 Å². The van der Waals surface area contributed by atoms with Crippen LogP contribution in [0.5, 0.6) is 0 Å². The van der Waals surface area contributed by atoms with Gasteiger partial charge in [-0.05, 0) is 6.42 Å². The van der Waals surface area contributed by atoms with Crippen molar-refractivity contribution in [3.63, 3.8) is 0 Å². The highest BCUT2D eigenvalue weighted by Crippen LogP contribution is 2.28. The highest BCUT2D eigenvalue weighted by atomic mass is 32.2. The molecule has 1 heterocycles. The Labute approximate surface area is 149 Å². The molecule has 0 bridgehead atoms. The normalized spacial score (nSPS) is 26.2. The van der Waals surface area contributed by atoms with Gasteiger partial charge in [-0.1, -0.05) is 19.8 Å². The maximum atomic E-state index is 12.6. The average Bonchev–Trinajstić information content (AvgIpc) is 2.59. The quantitative estimate of drug-likeness (QED) is 0.192. The number of hydrogen-bond donors (Lipinski definition) is 4. The van der Waals surface area contributed by atoms with Crippen LogP contribution in [0.1, 0.15) is 32.6 Å². The van der Waals surface area contributed by atoms with E-state index in [0.717, 1.165) is 6.42 Å². The van der Waals surface area contributed by atoms with Crippen LogP contribution in [0.2, 0.25) is 0 Å². The number of unbranched alkanes of at least 4 members (excludes halogenated alkanes) is 2. The van der Waals surface area contributed by atoms with Gasteiger partial charge in [-0.2, -0.15) is 0 Å². The van der Waals surface area contributed by atoms with E-state index in [-0.39, 0.29) is 31.8 Å². The molecule has 0 aromatic carbocycles. The molecule has 1 aliphatic rings. The molecule has 10 nitrogen and oxygen atoms in total. The predicted molar refractivity (Wildman–Crippen MR) is 87.7 cm³/mol. The standard InChI is InChI=1S/C14H24N2O8S/c1-3-4-5-6-16(13(20)21)12(19)11(18)14(15-25-22)10(17)7-9(23-2)8-24-14/h9-10,15,17,22H,3-8H2,1-2H3,(H,20,21). The molecule has 0 radical (unpaired) electrons. The number of aliphatic hydroxyl groups excluding tert-OH is 1. The Balaban J connectivity index is 3.00. The molecule has 1 saturated heterocycles. The number of ether oxygens (including phenoxy) is 2. The van der Waals surface area contributed by atoms with Crippen molar-refractivity contribution in [3.05, 3.63) is 0 Å². The van der Waals surface area contributed by atoms with Gasteiger partial charge in [-0.15, -0.1) is 0 Å². The van der Waals surface area contributed by atoms with E-state index in [4.69, 9.17) is 14.0 Å². The summed E-state index contributed by atoms with van der Waals surface area (Å²) in [4.78, 5) is 36.7. The third-order valence-corrected chi connectivity index (χ3v) is 4.37. The van der Waals surface area contributed by atoms with E-state index in [1.54, 1.807) is 0 Å². The Morgan fingerprint density at radius 2 is 2.08 bits per heavy atom. The maximum absolute atomic E-state index is 12.6. The lowest BCUT2D eigenvalue weighted by Gasteiger charge is -2.41. The third kappa shape index (κ3) is 5.12. The number of hydrogen-bond acceptors (Lipinski definition) is 9. The van der Waals surface area contributed by atoms with Crippen molar-refractivity contribution < 1.29 is 38.6 Å². The SMILES string of the molecule is CCCCCN(C(=O)O)C(=O)C(=O)C1(NSO)OCC(OC)CC1O. The zero-order valence-corrected chi connectivity index (χ0v) is 15.0. The first-order chi connectivity index (χ1) is 11.8. The Bertz CT molecular complexity index is 491. The molecule has 0 spiro atoms. The van der Waals surface area contributed by atoms with Crippen LogP contribution in [0.4, 0.5) is 4.79 Å². The molecule has 3 atom stereocenters. The number of carboxylic acid groups (broad SMARTS) is 1. The lowest BCUT2D eigenvalue weighted by molar-refractivity contribution is -0.202. The van der Waals surface area contributed by atoms with E-state index in [9.17, 15) is 24.6 Å². The van der Waals surface area contributed by atoms with E-state index in [1.165, 1.54) is 7.11 Å². The van der Waals surface area contributed by atoms with Gasteiger partial charge in [0.2, 0.25) is 5.72 Å². The molecule has 2 amide bonds. The summed E-state index contributed by atoms with van der Waals surface area (Å²) in [7, 11) is 1.40. The maximum Gasteiger partial charge on any atom is 0.414 e. The summed E-state index contributed by atoms with van der Waals surface area (Å²) >= 11 is -0.00791. The fourth-order valence-corrected chi connectivity index (χ4v) is 2.91. The van der Waals surface area contributed by atoms with Crippen molar-refractivity contribution >= 4 is 30.0 Å². The fraction of sp³-hybridized carbons (Fsp3) is 0.786. The van der Waals surface area contributed by atoms with Gasteiger partial charge in [0.1, 0.15) is 6.10 Å². The molecule has 0 aromatic rings. The lowest BCUT2D eigenvalue weighted by atomic mass is 9.93. The minimum absolute atomic E-state index is 0.00791. The predicted octanol–water partition coefficient (Wildman–Crippen LogP) is 0.456. The first-order valence-corrected chi connectivity index (χ1v) is 8.62. The van der Waals surface area contributed by atoms with Crippen molar-refractivity contribution in [3.8, 4) is 0 Å². The van der Waals surface area contributed by atoms with Crippen LogP contribution in [0, 0.1) is 0 Å². The lowest BCUT2D eigenvalue weighted by Crippen LogP contribution is -2.67. The van der Waals surface area contributed by atoms with Gasteiger partial charge in [0.25, 0.3) is 5.78 Å². The molecule has 0 saturated carbocycles. The summed E-state index contributed by atoms with van der Waals surface area (Å²) in [6, 6.07) is 0. The number of carbonyl (C=O) groups excluding carboxylic acids is 2. The van der Waals surface area contributed by atoms with E-state index in [1.807, 2.05) is 6.92 Å². The second-order valence-electron chi connectivity index (χ2n) is 5.62. The molecular weight excluding hydrogens is 356 g/mol. The Hall–Kier alpha value is -1.24. The van der Waals surface area contributed by atoms with Crippen LogP contribution >= 0.6 is 12.2 Å². The number of rotatable bonds is 9. The summed E-state index contributed by atoms with van der Waals surface area (Å²) in [5, 5.41) is 19.5. The molecule has 4 N–H and O–H groups in total. The molecule has 0 aliphatic carbocycles.